The van der Waals surface area contributed by atoms with Gasteiger partial charge in [-0.05, 0) is 54.9 Å². The lowest BCUT2D eigenvalue weighted by molar-refractivity contribution is -0.142. The van der Waals surface area contributed by atoms with Crippen molar-refractivity contribution in [1.82, 2.24) is 5.32 Å². The third-order valence-corrected chi connectivity index (χ3v) is 7.16. The SMILES string of the molecule is O=C(N[C@H](C(=O)O)C1(C2CC2)CS(=O)(=O)C1)c1ccc(C#CC#CCCO)cc1. The summed E-state index contributed by atoms with van der Waals surface area (Å²) in [4.78, 5) is 24.4. The second-order valence-corrected chi connectivity index (χ2v) is 9.45. The fourth-order valence-electron chi connectivity index (χ4n) is 3.71. The first-order chi connectivity index (χ1) is 13.8. The predicted molar refractivity (Wildman–Crippen MR) is 105 cm³/mol. The number of rotatable bonds is 6. The van der Waals surface area contributed by atoms with Gasteiger partial charge in [-0.3, -0.25) is 4.79 Å². The number of aliphatic hydroxyl groups excluding tert-OH is 1. The highest BCUT2D eigenvalue weighted by atomic mass is 32.2. The number of carbonyl (C=O) groups is 2. The molecule has 1 aromatic rings. The van der Waals surface area contributed by atoms with E-state index in [-0.39, 0.29) is 29.6 Å². The van der Waals surface area contributed by atoms with Crippen LogP contribution in [0.25, 0.3) is 0 Å². The number of aliphatic carboxylic acids is 1. The Morgan fingerprint density at radius 3 is 2.34 bits per heavy atom. The molecule has 1 heterocycles. The van der Waals surface area contributed by atoms with Gasteiger partial charge < -0.3 is 15.5 Å². The lowest BCUT2D eigenvalue weighted by atomic mass is 9.78. The van der Waals surface area contributed by atoms with E-state index in [4.69, 9.17) is 5.11 Å². The largest absolute Gasteiger partial charge is 0.480 e. The first-order valence-electron chi connectivity index (χ1n) is 9.21. The van der Waals surface area contributed by atoms with Crippen molar-refractivity contribution in [2.45, 2.75) is 25.3 Å². The predicted octanol–water partition coefficient (Wildman–Crippen LogP) is 0.432. The van der Waals surface area contributed by atoms with Crippen LogP contribution in [0, 0.1) is 35.0 Å². The molecule has 0 bridgehead atoms. The van der Waals surface area contributed by atoms with Crippen LogP contribution in [-0.4, -0.2) is 54.7 Å². The third-order valence-electron chi connectivity index (χ3n) is 5.21. The number of hydrogen-bond donors (Lipinski definition) is 3. The maximum atomic E-state index is 12.6. The molecule has 0 aromatic heterocycles. The quantitative estimate of drug-likeness (QED) is 0.580. The highest BCUT2D eigenvalue weighted by Crippen LogP contribution is 2.54. The Morgan fingerprint density at radius 1 is 1.17 bits per heavy atom. The van der Waals surface area contributed by atoms with Gasteiger partial charge in [-0.25, -0.2) is 13.2 Å². The standard InChI is InChI=1S/C21H21NO6S/c23-12-4-2-1-3-5-15-6-8-16(9-7-15)19(24)22-18(20(25)26)21(17-10-11-17)13-29(27,28)14-21/h6-9,17-18,23H,4,10-14H2,(H,22,24)(H,25,26)/t18-/m1/s1. The molecule has 0 radical (unpaired) electrons. The molecule has 1 aromatic carbocycles. The van der Waals surface area contributed by atoms with Crippen LogP contribution < -0.4 is 5.32 Å². The van der Waals surface area contributed by atoms with E-state index in [1.165, 1.54) is 12.1 Å². The topological polar surface area (TPSA) is 121 Å². The molecular formula is C21H21NO6S. The third kappa shape index (κ3) is 4.79. The minimum Gasteiger partial charge on any atom is -0.480 e. The van der Waals surface area contributed by atoms with Crippen LogP contribution in [0.2, 0.25) is 0 Å². The number of carboxylic acids is 1. The van der Waals surface area contributed by atoms with E-state index >= 15 is 0 Å². The molecule has 3 rings (SSSR count). The number of hydrogen-bond acceptors (Lipinski definition) is 5. The Balaban J connectivity index is 1.71. The minimum atomic E-state index is -3.25. The van der Waals surface area contributed by atoms with Crippen molar-refractivity contribution in [1.29, 1.82) is 0 Å². The number of sulfone groups is 1. The molecule has 0 spiro atoms. The van der Waals surface area contributed by atoms with Crippen LogP contribution in [0.4, 0.5) is 0 Å². The fraction of sp³-hybridized carbons (Fsp3) is 0.429. The number of carbonyl (C=O) groups excluding carboxylic acids is 1. The molecule has 2 aliphatic rings. The van der Waals surface area contributed by atoms with Crippen molar-refractivity contribution < 1.29 is 28.2 Å². The monoisotopic (exact) mass is 415 g/mol. The molecule has 2 fully saturated rings. The van der Waals surface area contributed by atoms with Gasteiger partial charge in [0.05, 0.1) is 18.1 Å². The van der Waals surface area contributed by atoms with Crippen LogP contribution in [0.5, 0.6) is 0 Å². The average Bonchev–Trinajstić information content (AvgIpc) is 3.49. The van der Waals surface area contributed by atoms with E-state index in [1.54, 1.807) is 12.1 Å². The molecule has 1 aliphatic heterocycles. The summed E-state index contributed by atoms with van der Waals surface area (Å²) in [5.74, 6) is 8.54. The van der Waals surface area contributed by atoms with Gasteiger partial charge in [0.1, 0.15) is 6.04 Å². The Morgan fingerprint density at radius 2 is 1.83 bits per heavy atom. The smallest absolute Gasteiger partial charge is 0.326 e. The van der Waals surface area contributed by atoms with Crippen molar-refractivity contribution in [2.24, 2.45) is 11.3 Å². The molecule has 7 nitrogen and oxygen atoms in total. The summed E-state index contributed by atoms with van der Waals surface area (Å²) in [5.41, 5.74) is -0.0191. The number of benzene rings is 1. The Kier molecular flexibility index (Phi) is 5.97. The summed E-state index contributed by atoms with van der Waals surface area (Å²) < 4.78 is 23.5. The highest BCUT2D eigenvalue weighted by Gasteiger charge is 2.63. The maximum absolute atomic E-state index is 12.6. The molecule has 1 saturated heterocycles. The summed E-state index contributed by atoms with van der Waals surface area (Å²) in [6.07, 6.45) is 1.91. The van der Waals surface area contributed by atoms with Gasteiger partial charge >= 0.3 is 5.97 Å². The molecule has 1 aliphatic carbocycles. The maximum Gasteiger partial charge on any atom is 0.326 e. The van der Waals surface area contributed by atoms with E-state index < -0.39 is 33.2 Å². The molecule has 8 heteroatoms. The van der Waals surface area contributed by atoms with Crippen LogP contribution >= 0.6 is 0 Å². The van der Waals surface area contributed by atoms with Crippen molar-refractivity contribution in [3.8, 4) is 23.7 Å². The van der Waals surface area contributed by atoms with E-state index in [2.05, 4.69) is 29.0 Å². The molecule has 29 heavy (non-hydrogen) atoms. The van der Waals surface area contributed by atoms with Crippen LogP contribution in [0.15, 0.2) is 24.3 Å². The van der Waals surface area contributed by atoms with Gasteiger partial charge in [-0.1, -0.05) is 11.8 Å². The van der Waals surface area contributed by atoms with Gasteiger partial charge in [-0.15, -0.1) is 0 Å². The van der Waals surface area contributed by atoms with E-state index in [0.29, 0.717) is 12.0 Å². The van der Waals surface area contributed by atoms with Crippen molar-refractivity contribution in [2.75, 3.05) is 18.1 Å². The Bertz CT molecular complexity index is 1020. The van der Waals surface area contributed by atoms with Crippen LogP contribution in [0.1, 0.15) is 35.2 Å². The van der Waals surface area contributed by atoms with Gasteiger partial charge in [0.2, 0.25) is 0 Å². The molecule has 3 N–H and O–H groups in total. The first kappa shape index (κ1) is 20.9. The zero-order chi connectivity index (χ0) is 21.1. The molecule has 1 saturated carbocycles. The van der Waals surface area contributed by atoms with Crippen LogP contribution in [0.3, 0.4) is 0 Å². The number of aliphatic hydroxyl groups is 1. The summed E-state index contributed by atoms with van der Waals surface area (Å²) in [6.45, 7) is -0.0240. The summed E-state index contributed by atoms with van der Waals surface area (Å²) in [5, 5.41) is 20.8. The molecular weight excluding hydrogens is 394 g/mol. The summed E-state index contributed by atoms with van der Waals surface area (Å²) in [6, 6.07) is 5.06. The summed E-state index contributed by atoms with van der Waals surface area (Å²) in [7, 11) is -3.25. The minimum absolute atomic E-state index is 0.0111. The molecule has 1 atom stereocenters. The number of amides is 1. The second kappa shape index (κ2) is 8.28. The molecule has 0 unspecified atom stereocenters. The number of carboxylic acid groups (broad SMARTS) is 1. The van der Waals surface area contributed by atoms with E-state index in [9.17, 15) is 23.1 Å². The van der Waals surface area contributed by atoms with Gasteiger partial charge in [-0.2, -0.15) is 0 Å². The van der Waals surface area contributed by atoms with Crippen molar-refractivity contribution in [3.63, 3.8) is 0 Å². The lowest BCUT2D eigenvalue weighted by Gasteiger charge is -2.45. The Hall–Kier alpha value is -2.81. The van der Waals surface area contributed by atoms with Crippen molar-refractivity contribution >= 4 is 21.7 Å². The summed E-state index contributed by atoms with van der Waals surface area (Å²) >= 11 is 0. The highest BCUT2D eigenvalue weighted by molar-refractivity contribution is 7.92. The van der Waals surface area contributed by atoms with Gasteiger partial charge in [0, 0.05) is 23.0 Å². The van der Waals surface area contributed by atoms with E-state index in [1.807, 2.05) is 0 Å². The fourth-order valence-corrected chi connectivity index (χ4v) is 6.07. The van der Waals surface area contributed by atoms with Crippen molar-refractivity contribution in [3.05, 3.63) is 35.4 Å². The average molecular weight is 415 g/mol. The normalized spacial score (nSPS) is 19.3. The molecule has 152 valence electrons. The first-order valence-corrected chi connectivity index (χ1v) is 11.0. The molecule has 1 amide bonds. The second-order valence-electron chi connectivity index (χ2n) is 7.39. The van der Waals surface area contributed by atoms with E-state index in [0.717, 1.165) is 12.8 Å². The zero-order valence-corrected chi connectivity index (χ0v) is 16.5. The zero-order valence-electron chi connectivity index (χ0n) is 15.6. The number of nitrogens with one attached hydrogen (secondary N) is 1. The Labute approximate surface area is 169 Å². The van der Waals surface area contributed by atoms with Gasteiger partial charge in [0.15, 0.2) is 9.84 Å². The van der Waals surface area contributed by atoms with Gasteiger partial charge in [0.25, 0.3) is 5.91 Å². The van der Waals surface area contributed by atoms with Crippen LogP contribution in [-0.2, 0) is 14.6 Å². The lowest BCUT2D eigenvalue weighted by Crippen LogP contribution is -2.65.